The number of piperidine rings is 1. The van der Waals surface area contributed by atoms with E-state index in [2.05, 4.69) is 0 Å². The highest BCUT2D eigenvalue weighted by Crippen LogP contribution is 2.21. The average molecular weight is 497 g/mol. The maximum Gasteiger partial charge on any atom is 0.410 e. The number of esters is 1. The van der Waals surface area contributed by atoms with Gasteiger partial charge in [-0.25, -0.2) is 13.2 Å². The second-order valence-electron chi connectivity index (χ2n) is 9.34. The van der Waals surface area contributed by atoms with Crippen LogP contribution in [0, 0.1) is 5.92 Å². The van der Waals surface area contributed by atoms with Gasteiger partial charge in [0, 0.05) is 31.7 Å². The summed E-state index contributed by atoms with van der Waals surface area (Å²) in [6, 6.07) is 5.57. The maximum atomic E-state index is 12.7. The summed E-state index contributed by atoms with van der Waals surface area (Å²) in [5.74, 6) is -1.52. The van der Waals surface area contributed by atoms with Gasteiger partial charge in [-0.3, -0.25) is 9.59 Å². The van der Waals surface area contributed by atoms with Crippen LogP contribution in [0.4, 0.5) is 4.79 Å². The van der Waals surface area contributed by atoms with Crippen LogP contribution in [0.15, 0.2) is 29.2 Å². The molecule has 11 heteroatoms. The molecule has 188 valence electrons. The second kappa shape index (κ2) is 10.8. The molecule has 0 saturated carbocycles. The highest BCUT2D eigenvalue weighted by Gasteiger charge is 2.32. The van der Waals surface area contributed by atoms with Crippen molar-refractivity contribution in [2.24, 2.45) is 5.92 Å². The summed E-state index contributed by atoms with van der Waals surface area (Å²) in [6.07, 6.45) is 0.708. The lowest BCUT2D eigenvalue weighted by molar-refractivity contribution is -0.149. The van der Waals surface area contributed by atoms with Crippen molar-refractivity contribution in [2.45, 2.75) is 44.1 Å². The van der Waals surface area contributed by atoms with Gasteiger partial charge in [0.25, 0.3) is 0 Å². The van der Waals surface area contributed by atoms with Crippen LogP contribution in [0.5, 0.6) is 0 Å². The molecule has 2 heterocycles. The van der Waals surface area contributed by atoms with E-state index in [9.17, 15) is 22.8 Å². The lowest BCUT2D eigenvalue weighted by Crippen LogP contribution is -2.45. The zero-order chi connectivity index (χ0) is 24.9. The van der Waals surface area contributed by atoms with Crippen LogP contribution < -0.4 is 0 Å². The van der Waals surface area contributed by atoms with Crippen molar-refractivity contribution in [1.82, 2.24) is 9.21 Å². The highest BCUT2D eigenvalue weighted by atomic mass is 32.2. The number of hydrogen-bond donors (Lipinski definition) is 0. The van der Waals surface area contributed by atoms with Gasteiger partial charge in [0.05, 0.1) is 24.0 Å². The van der Waals surface area contributed by atoms with Gasteiger partial charge < -0.3 is 19.1 Å². The van der Waals surface area contributed by atoms with Gasteiger partial charge >= 0.3 is 12.1 Å². The predicted molar refractivity (Wildman–Crippen MR) is 122 cm³/mol. The number of sulfonamides is 1. The summed E-state index contributed by atoms with van der Waals surface area (Å²) >= 11 is 0. The molecule has 0 spiro atoms. The number of morpholine rings is 1. The average Bonchev–Trinajstić information content (AvgIpc) is 2.82. The minimum atomic E-state index is -3.65. The molecule has 2 aliphatic heterocycles. The summed E-state index contributed by atoms with van der Waals surface area (Å²) in [4.78, 5) is 38.8. The van der Waals surface area contributed by atoms with Gasteiger partial charge in [-0.15, -0.1) is 0 Å². The fourth-order valence-corrected chi connectivity index (χ4v) is 5.16. The number of likely N-dealkylation sites (tertiary alicyclic amines) is 1. The van der Waals surface area contributed by atoms with E-state index in [0.29, 0.717) is 32.6 Å². The van der Waals surface area contributed by atoms with Crippen molar-refractivity contribution in [2.75, 3.05) is 46.0 Å². The Balaban J connectivity index is 1.53. The van der Waals surface area contributed by atoms with E-state index >= 15 is 0 Å². The minimum Gasteiger partial charge on any atom is -0.457 e. The molecule has 10 nitrogen and oxygen atoms in total. The molecule has 2 saturated heterocycles. The number of Topliss-reactive ketones (excluding diaryl/α,β-unsaturated/α-hetero) is 1. The molecular formula is C23H32N2O8S. The van der Waals surface area contributed by atoms with Crippen molar-refractivity contribution >= 4 is 27.9 Å². The van der Waals surface area contributed by atoms with Gasteiger partial charge in [0.1, 0.15) is 5.60 Å². The molecule has 0 bridgehead atoms. The second-order valence-corrected chi connectivity index (χ2v) is 11.3. The number of hydrogen-bond acceptors (Lipinski definition) is 8. The topological polar surface area (TPSA) is 120 Å². The number of rotatable bonds is 6. The summed E-state index contributed by atoms with van der Waals surface area (Å²) in [6.45, 7) is 6.79. The largest absolute Gasteiger partial charge is 0.457 e. The van der Waals surface area contributed by atoms with Crippen molar-refractivity contribution < 1.29 is 37.0 Å². The van der Waals surface area contributed by atoms with E-state index in [1.165, 1.54) is 33.5 Å². The molecule has 0 N–H and O–H groups in total. The fraction of sp³-hybridized carbons (Fsp3) is 0.609. The standard InChI is InChI=1S/C23H32N2O8S/c1-23(2,3)33-22(28)24-10-4-5-18(15-24)21(27)32-16-20(26)17-6-8-19(9-7-17)34(29,30)25-11-13-31-14-12-25/h6-9,18H,4-5,10-16H2,1-3H3. The summed E-state index contributed by atoms with van der Waals surface area (Å²) in [5.41, 5.74) is -0.388. The number of carbonyl (C=O) groups is 3. The van der Waals surface area contributed by atoms with E-state index in [1.807, 2.05) is 0 Å². The Morgan fingerprint density at radius 1 is 1.06 bits per heavy atom. The molecular weight excluding hydrogens is 464 g/mol. The first-order chi connectivity index (χ1) is 16.0. The number of nitrogens with zero attached hydrogens (tertiary/aromatic N) is 2. The molecule has 1 atom stereocenters. The quantitative estimate of drug-likeness (QED) is 0.434. The molecule has 3 rings (SSSR count). The van der Waals surface area contributed by atoms with Crippen molar-refractivity contribution in [3.05, 3.63) is 29.8 Å². The molecule has 1 aromatic carbocycles. The molecule has 2 fully saturated rings. The summed E-state index contributed by atoms with van der Waals surface area (Å²) in [5, 5.41) is 0. The first-order valence-corrected chi connectivity index (χ1v) is 12.8. The number of carbonyl (C=O) groups excluding carboxylic acids is 3. The SMILES string of the molecule is CC(C)(C)OC(=O)N1CCCC(C(=O)OCC(=O)c2ccc(S(=O)(=O)N3CCOCC3)cc2)C1. The third kappa shape index (κ3) is 6.77. The van der Waals surface area contributed by atoms with Gasteiger partial charge in [-0.1, -0.05) is 0 Å². The predicted octanol–water partition coefficient (Wildman–Crippen LogP) is 2.08. The van der Waals surface area contributed by atoms with Gasteiger partial charge in [0.15, 0.2) is 12.4 Å². The number of ether oxygens (including phenoxy) is 3. The number of amides is 1. The van der Waals surface area contributed by atoms with Crippen molar-refractivity contribution in [3.63, 3.8) is 0 Å². The lowest BCUT2D eigenvalue weighted by atomic mass is 9.98. The Morgan fingerprint density at radius 2 is 1.71 bits per heavy atom. The van der Waals surface area contributed by atoms with Crippen molar-refractivity contribution in [1.29, 1.82) is 0 Å². The van der Waals surface area contributed by atoms with Gasteiger partial charge in [-0.2, -0.15) is 4.31 Å². The van der Waals surface area contributed by atoms with Gasteiger partial charge in [-0.05, 0) is 57.9 Å². The Morgan fingerprint density at radius 3 is 2.32 bits per heavy atom. The van der Waals surface area contributed by atoms with E-state index in [4.69, 9.17) is 14.2 Å². The van der Waals surface area contributed by atoms with Gasteiger partial charge in [0.2, 0.25) is 10.0 Å². The Kier molecular flexibility index (Phi) is 8.32. The zero-order valence-electron chi connectivity index (χ0n) is 19.8. The third-order valence-electron chi connectivity index (χ3n) is 5.54. The van der Waals surface area contributed by atoms with Crippen LogP contribution in [-0.2, 0) is 29.0 Å². The smallest absolute Gasteiger partial charge is 0.410 e. The van der Waals surface area contributed by atoms with Crippen LogP contribution in [0.25, 0.3) is 0 Å². The lowest BCUT2D eigenvalue weighted by Gasteiger charge is -2.33. The van der Waals surface area contributed by atoms with E-state index in [1.54, 1.807) is 20.8 Å². The summed E-state index contributed by atoms with van der Waals surface area (Å²) < 4.78 is 42.5. The first kappa shape index (κ1) is 26.1. The monoisotopic (exact) mass is 496 g/mol. The van der Waals surface area contributed by atoms with E-state index in [-0.39, 0.29) is 30.1 Å². The van der Waals surface area contributed by atoms with E-state index in [0.717, 1.165) is 0 Å². The third-order valence-corrected chi connectivity index (χ3v) is 7.45. The first-order valence-electron chi connectivity index (χ1n) is 11.3. The van der Waals surface area contributed by atoms with Crippen molar-refractivity contribution in [3.8, 4) is 0 Å². The Hall–Kier alpha value is -2.50. The highest BCUT2D eigenvalue weighted by molar-refractivity contribution is 7.89. The molecule has 0 aromatic heterocycles. The molecule has 0 radical (unpaired) electrons. The molecule has 2 aliphatic rings. The number of benzene rings is 1. The zero-order valence-corrected chi connectivity index (χ0v) is 20.6. The Bertz CT molecular complexity index is 995. The molecule has 1 aromatic rings. The maximum absolute atomic E-state index is 12.7. The van der Waals surface area contributed by atoms with Crippen LogP contribution >= 0.6 is 0 Å². The molecule has 34 heavy (non-hydrogen) atoms. The van der Waals surface area contributed by atoms with Crippen LogP contribution in [0.1, 0.15) is 44.0 Å². The molecule has 0 aliphatic carbocycles. The molecule has 1 amide bonds. The fourth-order valence-electron chi connectivity index (χ4n) is 3.75. The summed E-state index contributed by atoms with van der Waals surface area (Å²) in [7, 11) is -3.65. The Labute approximate surface area is 200 Å². The van der Waals surface area contributed by atoms with Crippen LogP contribution in [0.2, 0.25) is 0 Å². The normalized spacial score (nSPS) is 20.0. The number of ketones is 1. The van der Waals surface area contributed by atoms with Crippen LogP contribution in [-0.4, -0.2) is 87.1 Å². The molecule has 1 unspecified atom stereocenters. The van der Waals surface area contributed by atoms with Crippen LogP contribution in [0.3, 0.4) is 0 Å². The minimum absolute atomic E-state index is 0.0902. The van der Waals surface area contributed by atoms with E-state index < -0.39 is 46.0 Å².